The molecule has 178 valence electrons. The molecule has 5 fully saturated rings. The number of nitriles is 1. The fraction of sp³-hybridized carbons (Fsp3) is 0.593. The van der Waals surface area contributed by atoms with Crippen molar-refractivity contribution in [2.75, 3.05) is 11.9 Å². The standard InChI is InChI=1S/C27H33N5O2/c28-14-21-2-1-5-32(21)25(33)23(29)9-19-15-30-24-4-3-20(10-22(19)24)31-26(34)27-11-16-6-17(12-27)8-18(7-16)13-27/h3-4,10,15-18,21,23,30H,1-2,5-9,11-13,29H2,(H,31,34). The first-order chi connectivity index (χ1) is 16.4. The number of aromatic nitrogens is 1. The fourth-order valence-electron chi connectivity index (χ4n) is 7.78. The second-order valence-electron chi connectivity index (χ2n) is 11.4. The minimum absolute atomic E-state index is 0.162. The Hall–Kier alpha value is -2.85. The molecule has 7 rings (SSSR count). The molecule has 1 saturated heterocycles. The van der Waals surface area contributed by atoms with E-state index in [-0.39, 0.29) is 23.3 Å². The monoisotopic (exact) mass is 459 g/mol. The lowest BCUT2D eigenvalue weighted by Crippen LogP contribution is -2.51. The summed E-state index contributed by atoms with van der Waals surface area (Å²) >= 11 is 0. The van der Waals surface area contributed by atoms with E-state index in [1.165, 1.54) is 19.3 Å². The minimum Gasteiger partial charge on any atom is -0.361 e. The summed E-state index contributed by atoms with van der Waals surface area (Å²) in [6.07, 6.45) is 10.9. The van der Waals surface area contributed by atoms with Crippen molar-refractivity contribution < 1.29 is 9.59 Å². The van der Waals surface area contributed by atoms with Crippen LogP contribution in [0.25, 0.3) is 10.9 Å². The lowest BCUT2D eigenvalue weighted by atomic mass is 9.49. The summed E-state index contributed by atoms with van der Waals surface area (Å²) in [6.45, 7) is 0.596. The number of nitrogens with zero attached hydrogens (tertiary/aromatic N) is 2. The van der Waals surface area contributed by atoms with Gasteiger partial charge in [0, 0.05) is 29.3 Å². The predicted molar refractivity (Wildman–Crippen MR) is 130 cm³/mol. The molecule has 4 saturated carbocycles. The number of fused-ring (bicyclic) bond motifs is 1. The number of hydrogen-bond donors (Lipinski definition) is 3. The van der Waals surface area contributed by atoms with Crippen LogP contribution in [0.3, 0.4) is 0 Å². The van der Waals surface area contributed by atoms with Crippen molar-refractivity contribution in [1.29, 1.82) is 5.26 Å². The topological polar surface area (TPSA) is 115 Å². The zero-order valence-corrected chi connectivity index (χ0v) is 19.6. The van der Waals surface area contributed by atoms with Gasteiger partial charge in [0.1, 0.15) is 6.04 Å². The number of likely N-dealkylation sites (tertiary alicyclic amines) is 1. The number of benzene rings is 1. The number of hydrogen-bond acceptors (Lipinski definition) is 4. The zero-order chi connectivity index (χ0) is 23.4. The van der Waals surface area contributed by atoms with Gasteiger partial charge < -0.3 is 20.9 Å². The normalized spacial score (nSPS) is 32.6. The van der Waals surface area contributed by atoms with Crippen molar-refractivity contribution in [1.82, 2.24) is 9.88 Å². The Bertz CT molecular complexity index is 1140. The Morgan fingerprint density at radius 2 is 1.91 bits per heavy atom. The van der Waals surface area contributed by atoms with E-state index in [1.54, 1.807) is 4.90 Å². The van der Waals surface area contributed by atoms with Gasteiger partial charge in [0.2, 0.25) is 11.8 Å². The molecule has 4 aliphatic carbocycles. The van der Waals surface area contributed by atoms with Crippen LogP contribution in [0.1, 0.15) is 56.9 Å². The van der Waals surface area contributed by atoms with Gasteiger partial charge in [-0.2, -0.15) is 5.26 Å². The summed E-state index contributed by atoms with van der Waals surface area (Å²) in [5, 5.41) is 13.5. The molecule has 34 heavy (non-hydrogen) atoms. The Morgan fingerprint density at radius 3 is 2.59 bits per heavy atom. The van der Waals surface area contributed by atoms with E-state index in [9.17, 15) is 14.9 Å². The maximum Gasteiger partial charge on any atom is 0.240 e. The molecule has 2 atom stereocenters. The highest BCUT2D eigenvalue weighted by Crippen LogP contribution is 2.60. The highest BCUT2D eigenvalue weighted by Gasteiger charge is 2.54. The SMILES string of the molecule is N#CC1CCCN1C(=O)C(N)Cc1c[nH]c2ccc(NC(=O)C34CC5CC(CC(C5)C3)C4)cc12. The van der Waals surface area contributed by atoms with Crippen molar-refractivity contribution >= 4 is 28.4 Å². The largest absolute Gasteiger partial charge is 0.361 e. The molecule has 7 nitrogen and oxygen atoms in total. The van der Waals surface area contributed by atoms with Gasteiger partial charge in [0.15, 0.2) is 0 Å². The maximum absolute atomic E-state index is 13.5. The average Bonchev–Trinajstić information content (AvgIpc) is 3.44. The van der Waals surface area contributed by atoms with E-state index < -0.39 is 6.04 Å². The number of anilines is 1. The molecular formula is C27H33N5O2. The third-order valence-corrected chi connectivity index (χ3v) is 8.99. The Balaban J connectivity index is 1.18. The summed E-state index contributed by atoms with van der Waals surface area (Å²) in [5.74, 6) is 2.21. The van der Waals surface area contributed by atoms with Gasteiger partial charge in [-0.05, 0) is 99.3 Å². The smallest absolute Gasteiger partial charge is 0.240 e. The van der Waals surface area contributed by atoms with Gasteiger partial charge in [0.25, 0.3) is 0 Å². The number of amides is 2. The average molecular weight is 460 g/mol. The number of aromatic amines is 1. The summed E-state index contributed by atoms with van der Waals surface area (Å²) < 4.78 is 0. The molecule has 1 aliphatic heterocycles. The molecule has 2 unspecified atom stereocenters. The van der Waals surface area contributed by atoms with E-state index in [2.05, 4.69) is 16.4 Å². The van der Waals surface area contributed by atoms with Gasteiger partial charge >= 0.3 is 0 Å². The third-order valence-electron chi connectivity index (χ3n) is 8.99. The molecule has 0 spiro atoms. The summed E-state index contributed by atoms with van der Waals surface area (Å²) in [4.78, 5) is 31.2. The van der Waals surface area contributed by atoms with Crippen molar-refractivity contribution in [2.45, 2.75) is 69.9 Å². The first kappa shape index (κ1) is 21.7. The summed E-state index contributed by atoms with van der Waals surface area (Å²) in [7, 11) is 0. The molecule has 4 N–H and O–H groups in total. The van der Waals surface area contributed by atoms with Crippen LogP contribution in [0, 0.1) is 34.5 Å². The van der Waals surface area contributed by atoms with E-state index in [0.717, 1.165) is 72.0 Å². The molecule has 2 amide bonds. The zero-order valence-electron chi connectivity index (χ0n) is 19.6. The molecule has 2 heterocycles. The second kappa shape index (κ2) is 8.13. The third kappa shape index (κ3) is 3.60. The van der Waals surface area contributed by atoms with Crippen LogP contribution in [-0.2, 0) is 16.0 Å². The Kier molecular flexibility index (Phi) is 5.18. The van der Waals surface area contributed by atoms with Crippen molar-refractivity contribution in [3.8, 4) is 6.07 Å². The quantitative estimate of drug-likeness (QED) is 0.632. The molecule has 1 aromatic carbocycles. The highest BCUT2D eigenvalue weighted by atomic mass is 16.2. The van der Waals surface area contributed by atoms with Crippen LogP contribution >= 0.6 is 0 Å². The van der Waals surface area contributed by atoms with Gasteiger partial charge in [-0.3, -0.25) is 9.59 Å². The van der Waals surface area contributed by atoms with Crippen LogP contribution in [0.4, 0.5) is 5.69 Å². The molecule has 1 aromatic heterocycles. The lowest BCUT2D eigenvalue weighted by molar-refractivity contribution is -0.140. The predicted octanol–water partition coefficient (Wildman–Crippen LogP) is 3.71. The number of nitrogens with one attached hydrogen (secondary N) is 2. The van der Waals surface area contributed by atoms with Crippen molar-refractivity contribution in [2.24, 2.45) is 28.9 Å². The van der Waals surface area contributed by atoms with E-state index in [4.69, 9.17) is 5.73 Å². The van der Waals surface area contributed by atoms with Gasteiger partial charge in [-0.15, -0.1) is 0 Å². The number of H-pyrrole nitrogens is 1. The highest BCUT2D eigenvalue weighted by molar-refractivity contribution is 5.98. The fourth-order valence-corrected chi connectivity index (χ4v) is 7.78. The van der Waals surface area contributed by atoms with Crippen LogP contribution in [-0.4, -0.2) is 40.3 Å². The van der Waals surface area contributed by atoms with Crippen molar-refractivity contribution in [3.05, 3.63) is 30.0 Å². The summed E-state index contributed by atoms with van der Waals surface area (Å²) in [5.41, 5.74) is 8.83. The van der Waals surface area contributed by atoms with Crippen LogP contribution in [0.15, 0.2) is 24.4 Å². The maximum atomic E-state index is 13.5. The van der Waals surface area contributed by atoms with E-state index in [0.29, 0.717) is 13.0 Å². The molecule has 2 aromatic rings. The number of carbonyl (C=O) groups excluding carboxylic acids is 2. The first-order valence-electron chi connectivity index (χ1n) is 12.8. The van der Waals surface area contributed by atoms with Gasteiger partial charge in [-0.25, -0.2) is 0 Å². The Labute approximate surface area is 200 Å². The number of nitrogens with two attached hydrogens (primary N) is 1. The Morgan fingerprint density at radius 1 is 1.21 bits per heavy atom. The van der Waals surface area contributed by atoms with Crippen LogP contribution < -0.4 is 11.1 Å². The van der Waals surface area contributed by atoms with Gasteiger partial charge in [0.05, 0.1) is 17.5 Å². The molecule has 0 radical (unpaired) electrons. The van der Waals surface area contributed by atoms with Crippen LogP contribution in [0.2, 0.25) is 0 Å². The second-order valence-corrected chi connectivity index (χ2v) is 11.4. The number of rotatable bonds is 5. The molecule has 4 bridgehead atoms. The first-order valence-corrected chi connectivity index (χ1v) is 12.8. The van der Waals surface area contributed by atoms with Gasteiger partial charge in [-0.1, -0.05) is 0 Å². The molecular weight excluding hydrogens is 426 g/mol. The van der Waals surface area contributed by atoms with Crippen molar-refractivity contribution in [3.63, 3.8) is 0 Å². The van der Waals surface area contributed by atoms with Crippen LogP contribution in [0.5, 0.6) is 0 Å². The molecule has 5 aliphatic rings. The molecule has 7 heteroatoms. The number of carbonyl (C=O) groups is 2. The minimum atomic E-state index is -0.696. The van der Waals surface area contributed by atoms with E-state index >= 15 is 0 Å². The summed E-state index contributed by atoms with van der Waals surface area (Å²) in [6, 6.07) is 7.09. The lowest BCUT2D eigenvalue weighted by Gasteiger charge is -2.55. The van der Waals surface area contributed by atoms with E-state index in [1.807, 2.05) is 24.4 Å².